The lowest BCUT2D eigenvalue weighted by atomic mass is 10.2. The molecule has 0 saturated heterocycles. The second-order valence-corrected chi connectivity index (χ2v) is 5.96. The van der Waals surface area contributed by atoms with Crippen molar-refractivity contribution in [1.82, 2.24) is 15.0 Å². The van der Waals surface area contributed by atoms with Gasteiger partial charge in [0.25, 0.3) is 5.91 Å². The van der Waals surface area contributed by atoms with Gasteiger partial charge in [0.2, 0.25) is 0 Å². The molecule has 0 aliphatic carbocycles. The lowest BCUT2D eigenvalue weighted by Gasteiger charge is -2.07. The van der Waals surface area contributed by atoms with E-state index >= 15 is 0 Å². The molecule has 1 heterocycles. The fourth-order valence-electron chi connectivity index (χ4n) is 2.23. The predicted molar refractivity (Wildman–Crippen MR) is 91.9 cm³/mol. The SMILES string of the molecule is Cc1ccc(Cl)cc1NC(=O)c1cn(-c2ccc(C)c(O)c2F)nn1. The van der Waals surface area contributed by atoms with Crippen molar-refractivity contribution in [2.75, 3.05) is 5.32 Å². The van der Waals surface area contributed by atoms with Crippen molar-refractivity contribution in [2.24, 2.45) is 0 Å². The Labute approximate surface area is 147 Å². The fraction of sp³-hybridized carbons (Fsp3) is 0.118. The highest BCUT2D eigenvalue weighted by atomic mass is 35.5. The number of halogens is 2. The monoisotopic (exact) mass is 360 g/mol. The normalized spacial score (nSPS) is 10.7. The van der Waals surface area contributed by atoms with Crippen LogP contribution in [-0.2, 0) is 0 Å². The Kier molecular flexibility index (Phi) is 4.41. The van der Waals surface area contributed by atoms with Gasteiger partial charge in [0, 0.05) is 10.7 Å². The molecular weight excluding hydrogens is 347 g/mol. The highest BCUT2D eigenvalue weighted by molar-refractivity contribution is 6.31. The van der Waals surface area contributed by atoms with Gasteiger partial charge in [-0.3, -0.25) is 4.79 Å². The predicted octanol–water partition coefficient (Wildman–Crippen LogP) is 3.63. The first-order valence-corrected chi connectivity index (χ1v) is 7.73. The molecule has 0 atom stereocenters. The molecule has 0 spiro atoms. The van der Waals surface area contributed by atoms with E-state index in [2.05, 4.69) is 15.6 Å². The highest BCUT2D eigenvalue weighted by Crippen LogP contribution is 2.26. The number of aromatic hydroxyl groups is 1. The van der Waals surface area contributed by atoms with Gasteiger partial charge in [-0.25, -0.2) is 9.07 Å². The Balaban J connectivity index is 1.87. The van der Waals surface area contributed by atoms with Crippen LogP contribution >= 0.6 is 11.6 Å². The van der Waals surface area contributed by atoms with Crippen LogP contribution in [0.5, 0.6) is 5.75 Å². The molecule has 2 N–H and O–H groups in total. The van der Waals surface area contributed by atoms with Crippen LogP contribution in [-0.4, -0.2) is 26.0 Å². The summed E-state index contributed by atoms with van der Waals surface area (Å²) in [6, 6.07) is 8.11. The van der Waals surface area contributed by atoms with E-state index in [0.29, 0.717) is 16.3 Å². The average Bonchev–Trinajstić information content (AvgIpc) is 3.06. The van der Waals surface area contributed by atoms with Gasteiger partial charge in [0.05, 0.1) is 6.20 Å². The number of anilines is 1. The summed E-state index contributed by atoms with van der Waals surface area (Å²) in [6.07, 6.45) is 1.28. The van der Waals surface area contributed by atoms with Gasteiger partial charge in [-0.05, 0) is 43.2 Å². The number of carbonyl (C=O) groups is 1. The smallest absolute Gasteiger partial charge is 0.277 e. The Morgan fingerprint density at radius 1 is 1.24 bits per heavy atom. The van der Waals surface area contributed by atoms with Crippen molar-refractivity contribution < 1.29 is 14.3 Å². The molecule has 0 unspecified atom stereocenters. The van der Waals surface area contributed by atoms with Crippen LogP contribution in [0, 0.1) is 19.7 Å². The first-order chi connectivity index (χ1) is 11.9. The Morgan fingerprint density at radius 2 is 1.96 bits per heavy atom. The van der Waals surface area contributed by atoms with Crippen LogP contribution in [0.25, 0.3) is 5.69 Å². The fourth-order valence-corrected chi connectivity index (χ4v) is 2.40. The van der Waals surface area contributed by atoms with E-state index in [-0.39, 0.29) is 11.4 Å². The number of aromatic nitrogens is 3. The zero-order chi connectivity index (χ0) is 18.1. The minimum Gasteiger partial charge on any atom is -0.505 e. The molecule has 0 radical (unpaired) electrons. The van der Waals surface area contributed by atoms with Crippen molar-refractivity contribution in [3.05, 3.63) is 64.2 Å². The second kappa shape index (κ2) is 6.52. The number of nitrogens with one attached hydrogen (secondary N) is 1. The van der Waals surface area contributed by atoms with Crippen molar-refractivity contribution in [1.29, 1.82) is 0 Å². The van der Waals surface area contributed by atoms with E-state index < -0.39 is 17.5 Å². The molecule has 2 aromatic carbocycles. The van der Waals surface area contributed by atoms with Gasteiger partial charge >= 0.3 is 0 Å². The van der Waals surface area contributed by atoms with Gasteiger partial charge in [0.15, 0.2) is 17.3 Å². The number of phenols is 1. The van der Waals surface area contributed by atoms with E-state index in [1.165, 1.54) is 12.3 Å². The van der Waals surface area contributed by atoms with E-state index in [0.717, 1.165) is 10.2 Å². The number of hydrogen-bond donors (Lipinski definition) is 2. The topological polar surface area (TPSA) is 80.0 Å². The number of nitrogens with zero attached hydrogens (tertiary/aromatic N) is 3. The number of rotatable bonds is 3. The minimum atomic E-state index is -0.831. The average molecular weight is 361 g/mol. The summed E-state index contributed by atoms with van der Waals surface area (Å²) < 4.78 is 15.2. The van der Waals surface area contributed by atoms with Gasteiger partial charge in [-0.15, -0.1) is 5.10 Å². The molecule has 0 bridgehead atoms. The van der Waals surface area contributed by atoms with Crippen LogP contribution in [0.3, 0.4) is 0 Å². The maximum atomic E-state index is 14.1. The lowest BCUT2D eigenvalue weighted by Crippen LogP contribution is -2.13. The number of hydrogen-bond acceptors (Lipinski definition) is 4. The molecule has 0 aliphatic heterocycles. The molecule has 6 nitrogen and oxygen atoms in total. The molecule has 3 rings (SSSR count). The summed E-state index contributed by atoms with van der Waals surface area (Å²) in [5.41, 5.74) is 1.77. The number of amides is 1. The Morgan fingerprint density at radius 3 is 2.72 bits per heavy atom. The molecule has 8 heteroatoms. The van der Waals surface area contributed by atoms with Crippen LogP contribution in [0.1, 0.15) is 21.6 Å². The summed E-state index contributed by atoms with van der Waals surface area (Å²) in [5.74, 6) is -1.80. The summed E-state index contributed by atoms with van der Waals surface area (Å²) >= 11 is 5.93. The number of phenolic OH excluding ortho intramolecular Hbond substituents is 1. The van der Waals surface area contributed by atoms with Crippen molar-refractivity contribution in [3.63, 3.8) is 0 Å². The molecule has 0 saturated carbocycles. The zero-order valence-electron chi connectivity index (χ0n) is 13.4. The van der Waals surface area contributed by atoms with Gasteiger partial charge in [0.1, 0.15) is 5.69 Å². The first kappa shape index (κ1) is 16.9. The molecule has 128 valence electrons. The molecule has 25 heavy (non-hydrogen) atoms. The second-order valence-electron chi connectivity index (χ2n) is 5.53. The standard InChI is InChI=1S/C17H14ClFN4O2/c1-9-3-5-11(18)7-12(9)20-17(25)13-8-23(22-21-13)14-6-4-10(2)16(24)15(14)19/h3-8,24H,1-2H3,(H,20,25). The van der Waals surface area contributed by atoms with Crippen LogP contribution in [0.2, 0.25) is 5.02 Å². The number of benzene rings is 2. The first-order valence-electron chi connectivity index (χ1n) is 7.35. The van der Waals surface area contributed by atoms with Gasteiger partial charge in [-0.2, -0.15) is 0 Å². The molecular formula is C17H14ClFN4O2. The minimum absolute atomic E-state index is 0.00107. The van der Waals surface area contributed by atoms with E-state index in [9.17, 15) is 14.3 Å². The van der Waals surface area contributed by atoms with Crippen LogP contribution in [0.15, 0.2) is 36.5 Å². The van der Waals surface area contributed by atoms with Crippen LogP contribution < -0.4 is 5.32 Å². The molecule has 1 aromatic heterocycles. The maximum absolute atomic E-state index is 14.1. The number of aryl methyl sites for hydroxylation is 2. The summed E-state index contributed by atoms with van der Waals surface area (Å²) in [5, 5.41) is 20.4. The van der Waals surface area contributed by atoms with Gasteiger partial charge in [-0.1, -0.05) is 28.9 Å². The lowest BCUT2D eigenvalue weighted by molar-refractivity contribution is 0.102. The zero-order valence-corrected chi connectivity index (χ0v) is 14.2. The highest BCUT2D eigenvalue weighted by Gasteiger charge is 2.17. The van der Waals surface area contributed by atoms with E-state index in [4.69, 9.17) is 11.6 Å². The third-order valence-corrected chi connectivity index (χ3v) is 3.95. The summed E-state index contributed by atoms with van der Waals surface area (Å²) in [7, 11) is 0. The number of carbonyl (C=O) groups excluding carboxylic acids is 1. The molecule has 3 aromatic rings. The van der Waals surface area contributed by atoms with E-state index in [1.807, 2.05) is 6.92 Å². The summed E-state index contributed by atoms with van der Waals surface area (Å²) in [6.45, 7) is 3.41. The third kappa shape index (κ3) is 3.32. The Bertz CT molecular complexity index is 971. The largest absolute Gasteiger partial charge is 0.505 e. The van der Waals surface area contributed by atoms with Crippen molar-refractivity contribution in [3.8, 4) is 11.4 Å². The molecule has 0 fully saturated rings. The van der Waals surface area contributed by atoms with Crippen molar-refractivity contribution in [2.45, 2.75) is 13.8 Å². The maximum Gasteiger partial charge on any atom is 0.277 e. The third-order valence-electron chi connectivity index (χ3n) is 3.72. The van der Waals surface area contributed by atoms with Crippen molar-refractivity contribution >= 4 is 23.2 Å². The van der Waals surface area contributed by atoms with E-state index in [1.54, 1.807) is 31.2 Å². The Hall–Kier alpha value is -2.93. The van der Waals surface area contributed by atoms with Crippen LogP contribution in [0.4, 0.5) is 10.1 Å². The summed E-state index contributed by atoms with van der Waals surface area (Å²) in [4.78, 5) is 12.3. The molecule has 0 aliphatic rings. The quantitative estimate of drug-likeness (QED) is 0.747. The van der Waals surface area contributed by atoms with Gasteiger partial charge < -0.3 is 10.4 Å². The molecule has 1 amide bonds.